The molecule has 0 fully saturated rings. The van der Waals surface area contributed by atoms with Crippen LogP contribution in [0.25, 0.3) is 20.9 Å². The Balaban J connectivity index is 0. The Labute approximate surface area is 424 Å². The van der Waals surface area contributed by atoms with Crippen LogP contribution in [0.2, 0.25) is 51.4 Å². The summed E-state index contributed by atoms with van der Waals surface area (Å²) in [7, 11) is 0.582. The fraction of sp³-hybridized carbons (Fsp3) is 0.625. The highest BCUT2D eigenvalue weighted by Crippen LogP contribution is 2.28. The Morgan fingerprint density at radius 2 is 1.11 bits per heavy atom. The molecule has 6 atom stereocenters. The minimum Gasteiger partial charge on any atom is -0.475 e. The molecule has 0 aliphatic carbocycles. The van der Waals surface area contributed by atoms with E-state index in [9.17, 15) is 37.1 Å². The molecule has 3 unspecified atom stereocenters. The number of hydrogen-bond donors (Lipinski definition) is 5. The lowest BCUT2D eigenvalue weighted by molar-refractivity contribution is -0.192. The van der Waals surface area contributed by atoms with Gasteiger partial charge in [0.15, 0.2) is 0 Å². The first kappa shape index (κ1) is 68.3. The highest BCUT2D eigenvalue weighted by atomic mass is 28.3. The van der Waals surface area contributed by atoms with E-state index in [0.29, 0.717) is 32.6 Å². The fourth-order valence-electron chi connectivity index (χ4n) is 6.18. The summed E-state index contributed by atoms with van der Waals surface area (Å²) in [5.41, 5.74) is 25.2. The van der Waals surface area contributed by atoms with Gasteiger partial charge in [0.2, 0.25) is 11.8 Å². The monoisotopic (exact) mass is 1050 g/mol. The summed E-state index contributed by atoms with van der Waals surface area (Å²) in [6, 6.07) is 18.6. The first-order valence-electron chi connectivity index (χ1n) is 23.7. The van der Waals surface area contributed by atoms with E-state index in [2.05, 4.69) is 75.3 Å². The number of benzene rings is 2. The predicted molar refractivity (Wildman–Crippen MR) is 278 cm³/mol. The molecule has 2 aromatic rings. The molecule has 24 heteroatoms. The summed E-state index contributed by atoms with van der Waals surface area (Å²) >= 11 is 0. The molecular formula is C48H79F3N10O9Si2. The average Bonchev–Trinajstić information content (AvgIpc) is 3.30. The summed E-state index contributed by atoms with van der Waals surface area (Å²) in [4.78, 5) is 73.2. The molecule has 0 heterocycles. The molecule has 2 amide bonds. The molecule has 0 aliphatic heterocycles. The average molecular weight is 1050 g/mol. The smallest absolute Gasteiger partial charge is 0.475 e. The summed E-state index contributed by atoms with van der Waals surface area (Å²) < 4.78 is 42.5. The second-order valence-electron chi connectivity index (χ2n) is 19.8. The van der Waals surface area contributed by atoms with Crippen molar-refractivity contribution in [3.05, 3.63) is 92.7 Å². The van der Waals surface area contributed by atoms with Crippen molar-refractivity contribution in [3.63, 3.8) is 0 Å². The highest BCUT2D eigenvalue weighted by Gasteiger charge is 2.38. The number of nitrogens with two attached hydrogens (primary N) is 1. The zero-order valence-corrected chi connectivity index (χ0v) is 45.9. The number of azide groups is 2. The van der Waals surface area contributed by atoms with Crippen LogP contribution < -0.4 is 21.7 Å². The van der Waals surface area contributed by atoms with Crippen LogP contribution in [0.4, 0.5) is 13.2 Å². The second-order valence-corrected chi connectivity index (χ2v) is 31.0. The molecule has 6 N–H and O–H groups in total. The van der Waals surface area contributed by atoms with Crippen molar-refractivity contribution in [1.82, 2.24) is 16.0 Å². The maximum absolute atomic E-state index is 12.6. The molecule has 2 aromatic carbocycles. The number of carboxylic acids is 1. The maximum Gasteiger partial charge on any atom is 0.490 e. The van der Waals surface area contributed by atoms with Gasteiger partial charge in [0.25, 0.3) is 0 Å². The number of amides is 2. The minimum atomic E-state index is -5.08. The van der Waals surface area contributed by atoms with Gasteiger partial charge in [-0.3, -0.25) is 19.2 Å². The molecule has 0 saturated carbocycles. The van der Waals surface area contributed by atoms with Crippen LogP contribution in [-0.4, -0.2) is 121 Å². The number of likely N-dealkylation sites (N-methyl/N-ethyl adjacent to an activating group) is 2. The number of halogens is 3. The van der Waals surface area contributed by atoms with Crippen LogP contribution >= 0.6 is 0 Å². The summed E-state index contributed by atoms with van der Waals surface area (Å²) in [6.45, 7) is 22.3. The quantitative estimate of drug-likeness (QED) is 0.0148. The zero-order valence-electron chi connectivity index (χ0n) is 43.9. The first-order valence-corrected chi connectivity index (χ1v) is 31.1. The van der Waals surface area contributed by atoms with Crippen molar-refractivity contribution in [2.75, 3.05) is 33.9 Å². The van der Waals surface area contributed by atoms with Gasteiger partial charge >= 0.3 is 24.1 Å². The first-order chi connectivity index (χ1) is 33.5. The molecule has 0 saturated heterocycles. The van der Waals surface area contributed by atoms with Crippen molar-refractivity contribution in [1.29, 1.82) is 0 Å². The highest BCUT2D eigenvalue weighted by molar-refractivity contribution is 6.76. The van der Waals surface area contributed by atoms with Crippen molar-refractivity contribution in [3.8, 4) is 0 Å². The van der Waals surface area contributed by atoms with E-state index in [-0.39, 0.29) is 60.4 Å². The lowest BCUT2D eigenvalue weighted by Gasteiger charge is -2.24. The number of esters is 2. The molecule has 404 valence electrons. The predicted octanol–water partition coefficient (Wildman–Crippen LogP) is 9.13. The van der Waals surface area contributed by atoms with Gasteiger partial charge in [-0.25, -0.2) is 4.79 Å². The molecular weight excluding hydrogens is 974 g/mol. The summed E-state index contributed by atoms with van der Waals surface area (Å²) in [5, 5.41) is 23.0. The van der Waals surface area contributed by atoms with Gasteiger partial charge < -0.3 is 41.1 Å². The minimum absolute atomic E-state index is 0.0266. The number of nitrogens with zero attached hydrogens (tertiary/aromatic N) is 6. The van der Waals surface area contributed by atoms with Crippen molar-refractivity contribution < 1.29 is 56.5 Å². The van der Waals surface area contributed by atoms with Gasteiger partial charge in [0.1, 0.15) is 18.4 Å². The third-order valence-corrected chi connectivity index (χ3v) is 14.0. The van der Waals surface area contributed by atoms with Gasteiger partial charge in [0.05, 0.1) is 25.3 Å². The number of hydrogen-bond acceptors (Lipinski definition) is 12. The van der Waals surface area contributed by atoms with E-state index >= 15 is 0 Å². The molecule has 0 radical (unpaired) electrons. The number of carbonyl (C=O) groups is 6. The Hall–Kier alpha value is -5.78. The number of nitrogens with one attached hydrogen (secondary N) is 3. The van der Waals surface area contributed by atoms with E-state index in [0.717, 1.165) is 29.5 Å². The summed E-state index contributed by atoms with van der Waals surface area (Å²) in [5.74, 6) is -3.73. The van der Waals surface area contributed by atoms with Gasteiger partial charge in [-0.15, -0.1) is 0 Å². The standard InChI is InChI=1S/C23H39N5O3Si.C17H25N3O3Si.C6H14N2O.C2HF3O2/c1-17(2)21(22(29)25-3)26-13-12-19(18-10-8-7-9-11-18)16-20(27-28-24)23(30)31-14-15-32(4,5)6;1-24(2,3)12-11-23-17(22)16(19-20-18)13-15(9-10-21)14-7-5-4-6-8-14;1-4(2)5(7)6(9)8-3;3-2(4,5)1(6)7/h7-11,17,19-21,26H,12-16H2,1-6H3,(H,25,29);4-8,10,15-16H,9,11-13H2,1-3H3;4-5H,7H2,1-3H3,(H,8,9);(H,6,7)/t19?,20-,21-;15?,16-;;/m00../s1. The normalized spacial score (nSPS) is 13.6. The maximum atomic E-state index is 12.6. The molecule has 19 nitrogen and oxygen atoms in total. The number of ether oxygens (including phenoxy) is 2. The van der Waals surface area contributed by atoms with Crippen LogP contribution in [0.5, 0.6) is 0 Å². The molecule has 72 heavy (non-hydrogen) atoms. The largest absolute Gasteiger partial charge is 0.490 e. The number of carbonyl (C=O) groups excluding carboxylic acids is 5. The fourth-order valence-corrected chi connectivity index (χ4v) is 7.61. The SMILES string of the molecule is CNC(=O)C(N)C(C)C.CNC(=O)[C@@H](NCCC(C[C@H](N=[N+]=[N-])C(=O)OCC[Si](C)(C)C)c1ccccc1)C(C)C.C[Si](C)(C)CCOC(=O)[C@H](CC(CC=O)c1ccccc1)N=[N+]=[N-].O=C(O)C(F)(F)F. The van der Waals surface area contributed by atoms with Gasteiger partial charge in [-0.1, -0.05) is 138 Å². The number of aldehydes is 1. The Kier molecular flexibility index (Phi) is 34.3. The van der Waals surface area contributed by atoms with Crippen LogP contribution in [-0.2, 0) is 38.2 Å². The van der Waals surface area contributed by atoms with Crippen LogP contribution in [0.3, 0.4) is 0 Å². The van der Waals surface area contributed by atoms with Crippen LogP contribution in [0.15, 0.2) is 70.9 Å². The van der Waals surface area contributed by atoms with Crippen molar-refractivity contribution >= 4 is 52.2 Å². The topological polar surface area (TPSA) is 301 Å². The van der Waals surface area contributed by atoms with E-state index in [1.165, 1.54) is 0 Å². The van der Waals surface area contributed by atoms with Crippen molar-refractivity contribution in [2.45, 2.75) is 147 Å². The van der Waals surface area contributed by atoms with E-state index in [4.69, 9.17) is 36.2 Å². The number of rotatable bonds is 26. The van der Waals surface area contributed by atoms with Gasteiger partial charge in [-0.05, 0) is 83.8 Å². The molecule has 2 rings (SSSR count). The molecule has 0 bridgehead atoms. The third-order valence-electron chi connectivity index (χ3n) is 10.6. The molecule has 0 aliphatic rings. The Morgan fingerprint density at radius 3 is 1.42 bits per heavy atom. The van der Waals surface area contributed by atoms with E-state index < -0.39 is 52.3 Å². The third kappa shape index (κ3) is 32.2. The Morgan fingerprint density at radius 1 is 0.722 bits per heavy atom. The van der Waals surface area contributed by atoms with Crippen LogP contribution in [0, 0.1) is 11.8 Å². The Bertz CT molecular complexity index is 2020. The van der Waals surface area contributed by atoms with E-state index in [1.807, 2.05) is 88.4 Å². The molecule has 0 aromatic heterocycles. The summed E-state index contributed by atoms with van der Waals surface area (Å²) in [6.07, 6.45) is -2.69. The zero-order chi connectivity index (χ0) is 55.7. The lowest BCUT2D eigenvalue weighted by atomic mass is 9.89. The molecule has 0 spiro atoms. The van der Waals surface area contributed by atoms with Gasteiger partial charge in [-0.2, -0.15) is 13.2 Å². The van der Waals surface area contributed by atoms with Gasteiger partial charge in [0, 0.05) is 46.5 Å². The number of alkyl halides is 3. The number of carboxylic acid groups (broad SMARTS) is 1. The van der Waals surface area contributed by atoms with E-state index in [1.54, 1.807) is 14.1 Å². The second kappa shape index (κ2) is 36.2. The van der Waals surface area contributed by atoms with Crippen LogP contribution in [0.1, 0.15) is 76.3 Å². The van der Waals surface area contributed by atoms with Crippen molar-refractivity contribution in [2.24, 2.45) is 27.8 Å². The lowest BCUT2D eigenvalue weighted by Crippen LogP contribution is -2.46. The number of aliphatic carboxylic acids is 1.